The van der Waals surface area contributed by atoms with Crippen molar-refractivity contribution in [3.8, 4) is 0 Å². The van der Waals surface area contributed by atoms with E-state index in [-0.39, 0.29) is 11.2 Å². The van der Waals surface area contributed by atoms with Crippen LogP contribution in [-0.4, -0.2) is 80.5 Å². The first-order valence-electron chi connectivity index (χ1n) is 13.6. The normalized spacial score (nSPS) is 16.4. The maximum atomic E-state index is 12.8. The molecule has 0 spiro atoms. The van der Waals surface area contributed by atoms with Gasteiger partial charge >= 0.3 is 0 Å². The summed E-state index contributed by atoms with van der Waals surface area (Å²) in [5.74, 6) is 2.42. The average molecular weight is 606 g/mol. The summed E-state index contributed by atoms with van der Waals surface area (Å²) < 4.78 is 12.4. The Hall–Kier alpha value is -2.60. The number of aromatic nitrogens is 3. The molecule has 218 valence electrons. The summed E-state index contributed by atoms with van der Waals surface area (Å²) in [4.78, 5) is 31.6. The van der Waals surface area contributed by atoms with Crippen LogP contribution in [0.4, 0.5) is 22.5 Å². The van der Waals surface area contributed by atoms with E-state index in [0.29, 0.717) is 38.3 Å². The number of hydrogen-bond acceptors (Lipinski definition) is 9. The summed E-state index contributed by atoms with van der Waals surface area (Å²) in [6, 6.07) is 7.43. The lowest BCUT2D eigenvalue weighted by Gasteiger charge is -2.37. The van der Waals surface area contributed by atoms with Crippen molar-refractivity contribution in [3.05, 3.63) is 51.7 Å². The molecule has 0 radical (unpaired) electrons. The summed E-state index contributed by atoms with van der Waals surface area (Å²) in [7, 11) is -2.05. The molecule has 3 aromatic rings. The highest BCUT2D eigenvalue weighted by atomic mass is 35.5. The molecule has 1 aliphatic heterocycles. The number of carbonyl (C=O) groups excluding carboxylic acids is 1. The molecule has 9 nitrogen and oxygen atoms in total. The number of halogens is 1. The summed E-state index contributed by atoms with van der Waals surface area (Å²) >= 11 is 7.51. The lowest BCUT2D eigenvalue weighted by molar-refractivity contribution is 0.103. The minimum atomic E-state index is -2.05. The molecular formula is C28H40ClN7O2S2. The molecule has 0 aliphatic carbocycles. The van der Waals surface area contributed by atoms with Gasteiger partial charge in [-0.15, -0.1) is 9.93 Å². The number of aryl methyl sites for hydroxylation is 2. The number of nitrogens with one attached hydrogen (secondary N) is 2. The highest BCUT2D eigenvalue weighted by Gasteiger charge is 2.23. The molecule has 12 heteroatoms. The van der Waals surface area contributed by atoms with E-state index >= 15 is 0 Å². The van der Waals surface area contributed by atoms with Crippen LogP contribution in [0.1, 0.15) is 41.3 Å². The molecule has 1 aliphatic rings. The number of para-hydroxylation sites is 1. The number of carbonyl (C=O) groups is 1. The number of nitrogens with zero attached hydrogens (tertiary/aromatic N) is 5. The summed E-state index contributed by atoms with van der Waals surface area (Å²) in [5, 5.41) is 7.45. The van der Waals surface area contributed by atoms with Gasteiger partial charge in [0.25, 0.3) is 5.91 Å². The quantitative estimate of drug-likeness (QED) is 0.277. The monoisotopic (exact) mass is 605 g/mol. The highest BCUT2D eigenvalue weighted by Crippen LogP contribution is 2.28. The van der Waals surface area contributed by atoms with Gasteiger partial charge in [-0.05, 0) is 50.3 Å². The average Bonchev–Trinajstić information content (AvgIpc) is 3.34. The van der Waals surface area contributed by atoms with Gasteiger partial charge in [-0.1, -0.05) is 48.9 Å². The first-order valence-corrected chi connectivity index (χ1v) is 17.4. The van der Waals surface area contributed by atoms with Gasteiger partial charge in [0.1, 0.15) is 22.3 Å². The fraction of sp³-hybridized carbons (Fsp3) is 0.500. The van der Waals surface area contributed by atoms with Gasteiger partial charge in [0.2, 0.25) is 0 Å². The molecule has 1 fully saturated rings. The Kier molecular flexibility index (Phi) is 9.81. The number of hydrogen-bond donors (Lipinski definition) is 3. The Morgan fingerprint density at radius 3 is 2.55 bits per heavy atom. The molecule has 1 aromatic carbocycles. The van der Waals surface area contributed by atoms with Crippen molar-refractivity contribution in [1.29, 1.82) is 0 Å². The van der Waals surface area contributed by atoms with E-state index in [9.17, 15) is 9.00 Å². The standard InChI is InChI=1S/C28H40ClN7O2S2/c1-18(14-20(3)40(5,6)38)17-35-10-12-36(13-11-35)25-15-24(31-21(4)32-25)33-28-30-16-23(39-28)27(37)34-26-19(2)8-7-9-22(26)29/h7-9,15-16,18,20,40H,10-14,17H2,1-6H3,(H,34,37)(H,30,31,32,33). The molecular weight excluding hydrogens is 566 g/mol. The lowest BCUT2D eigenvalue weighted by Crippen LogP contribution is -2.48. The predicted molar refractivity (Wildman–Crippen MR) is 170 cm³/mol. The number of thiazole rings is 1. The molecule has 1 amide bonds. The van der Waals surface area contributed by atoms with Gasteiger partial charge in [-0.2, -0.15) is 0 Å². The second-order valence-electron chi connectivity index (χ2n) is 11.1. The molecule has 2 unspecified atom stereocenters. The van der Waals surface area contributed by atoms with Crippen LogP contribution in [0.3, 0.4) is 0 Å². The zero-order valence-corrected chi connectivity index (χ0v) is 26.5. The maximum Gasteiger partial charge on any atom is 0.267 e. The largest absolute Gasteiger partial charge is 0.354 e. The van der Waals surface area contributed by atoms with Crippen molar-refractivity contribution >= 4 is 61.2 Å². The van der Waals surface area contributed by atoms with Crippen LogP contribution in [0.2, 0.25) is 5.02 Å². The van der Waals surface area contributed by atoms with Gasteiger partial charge < -0.3 is 15.5 Å². The number of rotatable bonds is 10. The smallest absolute Gasteiger partial charge is 0.267 e. The second kappa shape index (κ2) is 12.9. The number of benzene rings is 1. The van der Waals surface area contributed by atoms with Crippen molar-refractivity contribution in [2.75, 3.05) is 60.8 Å². The number of anilines is 4. The highest BCUT2D eigenvalue weighted by molar-refractivity contribution is 8.02. The number of piperazine rings is 1. The van der Waals surface area contributed by atoms with E-state index in [0.717, 1.165) is 50.5 Å². The molecule has 2 aromatic heterocycles. The van der Waals surface area contributed by atoms with Crippen molar-refractivity contribution in [1.82, 2.24) is 19.9 Å². The second-order valence-corrected chi connectivity index (χ2v) is 16.3. The van der Waals surface area contributed by atoms with Crippen LogP contribution in [0.5, 0.6) is 0 Å². The summed E-state index contributed by atoms with van der Waals surface area (Å²) in [5.41, 5.74) is 1.49. The van der Waals surface area contributed by atoms with Crippen LogP contribution in [0.25, 0.3) is 0 Å². The fourth-order valence-electron chi connectivity index (χ4n) is 4.80. The van der Waals surface area contributed by atoms with Crippen LogP contribution >= 0.6 is 22.9 Å². The van der Waals surface area contributed by atoms with E-state index in [2.05, 4.69) is 49.2 Å². The zero-order valence-electron chi connectivity index (χ0n) is 24.1. The third-order valence-corrected chi connectivity index (χ3v) is 10.9. The Morgan fingerprint density at radius 1 is 1.15 bits per heavy atom. The van der Waals surface area contributed by atoms with Crippen molar-refractivity contribution < 1.29 is 9.00 Å². The fourth-order valence-corrected chi connectivity index (χ4v) is 6.66. The first-order chi connectivity index (χ1) is 18.9. The van der Waals surface area contributed by atoms with Gasteiger partial charge in [0, 0.05) is 44.0 Å². The molecule has 0 bridgehead atoms. The van der Waals surface area contributed by atoms with Crippen LogP contribution < -0.4 is 15.5 Å². The minimum absolute atomic E-state index is 0.258. The van der Waals surface area contributed by atoms with E-state index < -0.39 is 9.93 Å². The van der Waals surface area contributed by atoms with Gasteiger partial charge in [0.15, 0.2) is 5.13 Å². The molecule has 2 atom stereocenters. The van der Waals surface area contributed by atoms with Crippen molar-refractivity contribution in [2.45, 2.75) is 39.4 Å². The Bertz CT molecular complexity index is 1360. The molecule has 2 N–H and O–H groups in total. The van der Waals surface area contributed by atoms with E-state index in [1.807, 2.05) is 44.6 Å². The molecule has 0 saturated carbocycles. The first kappa shape index (κ1) is 30.4. The van der Waals surface area contributed by atoms with Crippen LogP contribution in [0, 0.1) is 19.8 Å². The lowest BCUT2D eigenvalue weighted by atomic mass is 10.0. The molecule has 3 heterocycles. The predicted octanol–water partition coefficient (Wildman–Crippen LogP) is 5.01. The van der Waals surface area contributed by atoms with E-state index in [4.69, 9.17) is 11.6 Å². The Labute approximate surface area is 247 Å². The SMILES string of the molecule is Cc1nc(Nc2ncc(C(=O)Nc3c(C)cccc3Cl)s2)cc(N2CCN(CC(C)CC(C)[SH](C)(C)=O)CC2)n1. The van der Waals surface area contributed by atoms with Crippen molar-refractivity contribution in [2.24, 2.45) is 5.92 Å². The van der Waals surface area contributed by atoms with Gasteiger partial charge in [0.05, 0.1) is 16.9 Å². The third kappa shape index (κ3) is 7.99. The third-order valence-electron chi connectivity index (χ3n) is 7.32. The molecule has 40 heavy (non-hydrogen) atoms. The maximum absolute atomic E-state index is 12.8. The van der Waals surface area contributed by atoms with E-state index in [1.54, 1.807) is 12.3 Å². The number of amides is 1. The molecule has 4 rings (SSSR count). The van der Waals surface area contributed by atoms with Gasteiger partial charge in [-0.25, -0.2) is 15.0 Å². The summed E-state index contributed by atoms with van der Waals surface area (Å²) in [6.07, 6.45) is 6.32. The zero-order chi connectivity index (χ0) is 29.0. The summed E-state index contributed by atoms with van der Waals surface area (Å²) in [6.45, 7) is 12.8. The topological polar surface area (TPSA) is 103 Å². The van der Waals surface area contributed by atoms with Crippen molar-refractivity contribution in [3.63, 3.8) is 0 Å². The van der Waals surface area contributed by atoms with Crippen LogP contribution in [-0.2, 0) is 9.93 Å². The number of thiol groups is 1. The Balaban J connectivity index is 1.34. The van der Waals surface area contributed by atoms with Gasteiger partial charge in [-0.3, -0.25) is 13.9 Å². The molecule has 1 saturated heterocycles. The Morgan fingerprint density at radius 2 is 1.88 bits per heavy atom. The van der Waals surface area contributed by atoms with E-state index in [1.165, 1.54) is 11.3 Å². The minimum Gasteiger partial charge on any atom is -0.354 e. The van der Waals surface area contributed by atoms with Crippen LogP contribution in [0.15, 0.2) is 30.5 Å².